The van der Waals surface area contributed by atoms with Crippen molar-refractivity contribution >= 4 is 0 Å². The highest BCUT2D eigenvalue weighted by Crippen LogP contribution is 2.32. The highest BCUT2D eigenvalue weighted by atomic mass is 16.6. The topological polar surface area (TPSA) is 47.9 Å². The molecule has 2 rings (SSSR count). The molecule has 0 heterocycles. The average molecular weight is 280 g/mol. The first-order chi connectivity index (χ1) is 9.52. The van der Waals surface area contributed by atoms with Gasteiger partial charge in [0.1, 0.15) is 18.0 Å². The second kappa shape index (κ2) is 6.57. The lowest BCUT2D eigenvalue weighted by molar-refractivity contribution is -0.167. The normalized spacial score (nSPS) is 25.4. The zero-order chi connectivity index (χ0) is 14.7. The molecule has 1 aromatic rings. The Kier molecular flexibility index (Phi) is 5.02. The van der Waals surface area contributed by atoms with Crippen LogP contribution in [0.15, 0.2) is 12.1 Å². The quantitative estimate of drug-likeness (QED) is 0.811. The highest BCUT2D eigenvalue weighted by Gasteiger charge is 2.43. The Morgan fingerprint density at radius 1 is 1.20 bits per heavy atom. The second-order valence-corrected chi connectivity index (χ2v) is 5.49. The van der Waals surface area contributed by atoms with Crippen LogP contribution in [0.25, 0.3) is 0 Å². The lowest BCUT2D eigenvalue weighted by Crippen LogP contribution is -2.55. The van der Waals surface area contributed by atoms with Crippen molar-refractivity contribution in [3.05, 3.63) is 28.8 Å². The molecule has 112 valence electrons. The highest BCUT2D eigenvalue weighted by molar-refractivity contribution is 5.42. The SMILES string of the molecule is COCCOC1C(O)CC1Oc1cc(C)cc(C)c1C. The molecule has 0 radical (unpaired) electrons. The molecule has 1 fully saturated rings. The van der Waals surface area contributed by atoms with Crippen LogP contribution in [0.1, 0.15) is 23.1 Å². The maximum atomic E-state index is 9.79. The number of aliphatic hydroxyl groups is 1. The first-order valence-electron chi connectivity index (χ1n) is 7.06. The van der Waals surface area contributed by atoms with E-state index < -0.39 is 6.10 Å². The molecule has 0 saturated heterocycles. The zero-order valence-electron chi connectivity index (χ0n) is 12.7. The van der Waals surface area contributed by atoms with Gasteiger partial charge in [-0.25, -0.2) is 0 Å². The van der Waals surface area contributed by atoms with E-state index in [0.717, 1.165) is 11.3 Å². The fourth-order valence-corrected chi connectivity index (χ4v) is 2.45. The summed E-state index contributed by atoms with van der Waals surface area (Å²) in [6.45, 7) is 7.20. The van der Waals surface area contributed by atoms with Crippen LogP contribution in [-0.2, 0) is 9.47 Å². The molecule has 3 unspecified atom stereocenters. The lowest BCUT2D eigenvalue weighted by atomic mass is 9.88. The molecule has 4 heteroatoms. The Balaban J connectivity index is 1.99. The molecule has 0 spiro atoms. The second-order valence-electron chi connectivity index (χ2n) is 5.49. The number of benzene rings is 1. The van der Waals surface area contributed by atoms with Gasteiger partial charge in [0.2, 0.25) is 0 Å². The minimum atomic E-state index is -0.442. The molecule has 0 amide bonds. The fraction of sp³-hybridized carbons (Fsp3) is 0.625. The molecule has 4 nitrogen and oxygen atoms in total. The first kappa shape index (κ1) is 15.3. The number of ether oxygens (including phenoxy) is 3. The van der Waals surface area contributed by atoms with E-state index in [9.17, 15) is 5.11 Å². The van der Waals surface area contributed by atoms with Crippen molar-refractivity contribution in [2.45, 2.75) is 45.5 Å². The van der Waals surface area contributed by atoms with Gasteiger partial charge < -0.3 is 19.3 Å². The predicted molar refractivity (Wildman–Crippen MR) is 77.3 cm³/mol. The number of aryl methyl sites for hydroxylation is 2. The smallest absolute Gasteiger partial charge is 0.130 e. The van der Waals surface area contributed by atoms with E-state index in [4.69, 9.17) is 14.2 Å². The van der Waals surface area contributed by atoms with E-state index in [2.05, 4.69) is 26.8 Å². The van der Waals surface area contributed by atoms with Crippen LogP contribution in [0.5, 0.6) is 5.75 Å². The molecule has 1 N–H and O–H groups in total. The van der Waals surface area contributed by atoms with Crippen molar-refractivity contribution in [1.29, 1.82) is 0 Å². The number of aliphatic hydroxyl groups excluding tert-OH is 1. The van der Waals surface area contributed by atoms with E-state index in [1.54, 1.807) is 7.11 Å². The van der Waals surface area contributed by atoms with Crippen LogP contribution in [0.2, 0.25) is 0 Å². The molecule has 0 bridgehead atoms. The minimum absolute atomic E-state index is 0.0817. The van der Waals surface area contributed by atoms with Crippen LogP contribution < -0.4 is 4.74 Å². The van der Waals surface area contributed by atoms with Crippen LogP contribution in [0.3, 0.4) is 0 Å². The Labute approximate surface area is 120 Å². The molecule has 1 saturated carbocycles. The van der Waals surface area contributed by atoms with Crippen molar-refractivity contribution in [3.8, 4) is 5.75 Å². The maximum absolute atomic E-state index is 9.79. The van der Waals surface area contributed by atoms with Gasteiger partial charge in [0.15, 0.2) is 0 Å². The van der Waals surface area contributed by atoms with Crippen LogP contribution >= 0.6 is 0 Å². The summed E-state index contributed by atoms with van der Waals surface area (Å²) in [5.74, 6) is 0.889. The molecule has 20 heavy (non-hydrogen) atoms. The van der Waals surface area contributed by atoms with Crippen molar-refractivity contribution in [2.75, 3.05) is 20.3 Å². The molecule has 1 aliphatic rings. The number of hydrogen-bond acceptors (Lipinski definition) is 4. The van der Waals surface area contributed by atoms with Gasteiger partial charge in [0, 0.05) is 13.5 Å². The van der Waals surface area contributed by atoms with Gasteiger partial charge in [-0.05, 0) is 43.5 Å². The Bertz CT molecular complexity index is 458. The van der Waals surface area contributed by atoms with Crippen LogP contribution in [-0.4, -0.2) is 43.7 Å². The lowest BCUT2D eigenvalue weighted by Gasteiger charge is -2.41. The van der Waals surface area contributed by atoms with Gasteiger partial charge in [-0.3, -0.25) is 0 Å². The Morgan fingerprint density at radius 3 is 2.60 bits per heavy atom. The Morgan fingerprint density at radius 2 is 1.95 bits per heavy atom. The van der Waals surface area contributed by atoms with Gasteiger partial charge in [0.25, 0.3) is 0 Å². The molecule has 0 aliphatic heterocycles. The van der Waals surface area contributed by atoms with Gasteiger partial charge in [-0.15, -0.1) is 0 Å². The Hall–Kier alpha value is -1.10. The van der Waals surface area contributed by atoms with E-state index in [0.29, 0.717) is 19.6 Å². The number of rotatable bonds is 6. The predicted octanol–water partition coefficient (Wildman–Crippen LogP) is 2.16. The third kappa shape index (κ3) is 3.32. The zero-order valence-corrected chi connectivity index (χ0v) is 12.7. The summed E-state index contributed by atoms with van der Waals surface area (Å²) in [4.78, 5) is 0. The number of methoxy groups -OCH3 is 1. The van der Waals surface area contributed by atoms with E-state index in [1.165, 1.54) is 11.1 Å². The summed E-state index contributed by atoms with van der Waals surface area (Å²) >= 11 is 0. The molecule has 3 atom stereocenters. The summed E-state index contributed by atoms with van der Waals surface area (Å²) in [6.07, 6.45) is -0.167. The third-order valence-corrected chi connectivity index (χ3v) is 3.86. The average Bonchev–Trinajstić information content (AvgIpc) is 2.39. The largest absolute Gasteiger partial charge is 0.487 e. The third-order valence-electron chi connectivity index (χ3n) is 3.86. The summed E-state index contributed by atoms with van der Waals surface area (Å²) in [5.41, 5.74) is 3.55. The molecule has 1 aliphatic carbocycles. The van der Waals surface area contributed by atoms with Crippen LogP contribution in [0, 0.1) is 20.8 Å². The summed E-state index contributed by atoms with van der Waals surface area (Å²) in [6, 6.07) is 4.18. The molecule has 1 aromatic carbocycles. The van der Waals surface area contributed by atoms with Gasteiger partial charge in [-0.1, -0.05) is 6.07 Å². The summed E-state index contributed by atoms with van der Waals surface area (Å²) < 4.78 is 16.6. The van der Waals surface area contributed by atoms with Gasteiger partial charge in [0.05, 0.1) is 19.3 Å². The molecular formula is C16H24O4. The molecule has 0 aromatic heterocycles. The van der Waals surface area contributed by atoms with E-state index in [1.807, 2.05) is 6.07 Å². The van der Waals surface area contributed by atoms with Gasteiger partial charge >= 0.3 is 0 Å². The first-order valence-corrected chi connectivity index (χ1v) is 7.06. The van der Waals surface area contributed by atoms with E-state index >= 15 is 0 Å². The van der Waals surface area contributed by atoms with Crippen molar-refractivity contribution < 1.29 is 19.3 Å². The standard InChI is InChI=1S/C16H24O4/c1-10-7-11(2)12(3)14(8-10)20-15-9-13(17)16(15)19-6-5-18-4/h7-8,13,15-17H,5-6,9H2,1-4H3. The van der Waals surface area contributed by atoms with E-state index in [-0.39, 0.29) is 12.2 Å². The van der Waals surface area contributed by atoms with Crippen LogP contribution in [0.4, 0.5) is 0 Å². The van der Waals surface area contributed by atoms with Gasteiger partial charge in [-0.2, -0.15) is 0 Å². The van der Waals surface area contributed by atoms with Crippen molar-refractivity contribution in [1.82, 2.24) is 0 Å². The monoisotopic (exact) mass is 280 g/mol. The van der Waals surface area contributed by atoms with Crippen molar-refractivity contribution in [3.63, 3.8) is 0 Å². The minimum Gasteiger partial charge on any atom is -0.487 e. The summed E-state index contributed by atoms with van der Waals surface area (Å²) in [7, 11) is 1.63. The number of hydrogen-bond donors (Lipinski definition) is 1. The molecular weight excluding hydrogens is 256 g/mol. The van der Waals surface area contributed by atoms with Crippen molar-refractivity contribution in [2.24, 2.45) is 0 Å². The fourth-order valence-electron chi connectivity index (χ4n) is 2.45. The maximum Gasteiger partial charge on any atom is 0.130 e. The summed E-state index contributed by atoms with van der Waals surface area (Å²) in [5, 5.41) is 9.79.